The van der Waals surface area contributed by atoms with E-state index in [9.17, 15) is 0 Å². The van der Waals surface area contributed by atoms with Gasteiger partial charge in [0, 0.05) is 24.0 Å². The van der Waals surface area contributed by atoms with Gasteiger partial charge in [0.25, 0.3) is 0 Å². The predicted octanol–water partition coefficient (Wildman–Crippen LogP) is 3.65. The minimum Gasteiger partial charge on any atom is -0.307 e. The molecule has 2 fully saturated rings. The second kappa shape index (κ2) is 5.85. The highest BCUT2D eigenvalue weighted by Crippen LogP contribution is 2.38. The van der Waals surface area contributed by atoms with E-state index in [4.69, 9.17) is 4.98 Å². The van der Waals surface area contributed by atoms with Crippen LogP contribution in [0.4, 0.5) is 0 Å². The van der Waals surface area contributed by atoms with E-state index in [0.717, 1.165) is 11.2 Å². The molecule has 2 saturated heterocycles. The zero-order valence-electron chi connectivity index (χ0n) is 13.4. The predicted molar refractivity (Wildman–Crippen MR) is 92.3 cm³/mol. The van der Waals surface area contributed by atoms with Gasteiger partial charge in [0.15, 0.2) is 5.65 Å². The van der Waals surface area contributed by atoms with Gasteiger partial charge in [-0.3, -0.25) is 4.90 Å². The fourth-order valence-electron chi connectivity index (χ4n) is 3.95. The molecule has 2 unspecified atom stereocenters. The third kappa shape index (κ3) is 2.35. The van der Waals surface area contributed by atoms with Gasteiger partial charge in [0.1, 0.15) is 11.3 Å². The first-order valence-electron chi connectivity index (χ1n) is 8.42. The average molecular weight is 316 g/mol. The molecule has 0 N–H and O–H groups in total. The van der Waals surface area contributed by atoms with Crippen molar-refractivity contribution in [2.24, 2.45) is 0 Å². The molecule has 0 aliphatic carbocycles. The summed E-state index contributed by atoms with van der Waals surface area (Å²) in [5, 5.41) is 0. The van der Waals surface area contributed by atoms with Crippen LogP contribution in [0, 0.1) is 0 Å². The Kier molecular flexibility index (Phi) is 3.86. The van der Waals surface area contributed by atoms with Crippen LogP contribution in [-0.4, -0.2) is 43.5 Å². The molecule has 2 aliphatic heterocycles. The quantitative estimate of drug-likeness (QED) is 0.865. The monoisotopic (exact) mass is 316 g/mol. The van der Waals surface area contributed by atoms with E-state index >= 15 is 0 Å². The molecule has 4 heterocycles. The summed E-state index contributed by atoms with van der Waals surface area (Å²) in [6.07, 6.45) is 5.65. The lowest BCUT2D eigenvalue weighted by molar-refractivity contribution is 0.194. The number of rotatable bonds is 3. The zero-order chi connectivity index (χ0) is 15.1. The summed E-state index contributed by atoms with van der Waals surface area (Å²) < 4.78 is 2.47. The van der Waals surface area contributed by atoms with Crippen LogP contribution in [0.1, 0.15) is 51.0 Å². The summed E-state index contributed by atoms with van der Waals surface area (Å²) in [7, 11) is 0. The second-order valence-corrected chi connectivity index (χ2v) is 7.84. The minimum absolute atomic E-state index is 0.458. The molecule has 0 aromatic carbocycles. The average Bonchev–Trinajstić information content (AvgIpc) is 3.24. The molecule has 4 nitrogen and oxygen atoms in total. The number of likely N-dealkylation sites (tertiary alicyclic amines) is 1. The number of aromatic nitrogens is 3. The van der Waals surface area contributed by atoms with Gasteiger partial charge in [0.2, 0.25) is 0 Å². The maximum atomic E-state index is 5.02. The SMILES string of the molecule is CC(C)N1CCCC1c1nc2cccnc2n1C1CCSC1. The Morgan fingerprint density at radius 3 is 3.00 bits per heavy atom. The van der Waals surface area contributed by atoms with E-state index in [0.29, 0.717) is 18.1 Å². The molecule has 2 aromatic rings. The van der Waals surface area contributed by atoms with Gasteiger partial charge >= 0.3 is 0 Å². The van der Waals surface area contributed by atoms with Gasteiger partial charge in [-0.2, -0.15) is 11.8 Å². The largest absolute Gasteiger partial charge is 0.307 e. The van der Waals surface area contributed by atoms with Crippen LogP contribution in [0.3, 0.4) is 0 Å². The smallest absolute Gasteiger partial charge is 0.160 e. The normalized spacial score (nSPS) is 26.5. The zero-order valence-corrected chi connectivity index (χ0v) is 14.2. The summed E-state index contributed by atoms with van der Waals surface area (Å²) in [6, 6.07) is 5.71. The third-order valence-electron chi connectivity index (χ3n) is 5.00. The standard InChI is InChI=1S/C17H24N4S/c1-12(2)20-9-4-6-15(20)17-19-14-5-3-8-18-16(14)21(17)13-7-10-22-11-13/h3,5,8,12-13,15H,4,6-7,9-11H2,1-2H3. The van der Waals surface area contributed by atoms with Crippen molar-refractivity contribution >= 4 is 22.9 Å². The molecule has 4 rings (SSSR count). The highest BCUT2D eigenvalue weighted by atomic mass is 32.2. The van der Waals surface area contributed by atoms with Crippen molar-refractivity contribution in [3.05, 3.63) is 24.2 Å². The number of nitrogens with zero attached hydrogens (tertiary/aromatic N) is 4. The van der Waals surface area contributed by atoms with Crippen molar-refractivity contribution in [3.63, 3.8) is 0 Å². The van der Waals surface area contributed by atoms with E-state index < -0.39 is 0 Å². The second-order valence-electron chi connectivity index (χ2n) is 6.69. The Hall–Kier alpha value is -1.07. The molecular weight excluding hydrogens is 292 g/mol. The lowest BCUT2D eigenvalue weighted by Gasteiger charge is -2.29. The first kappa shape index (κ1) is 14.5. The summed E-state index contributed by atoms with van der Waals surface area (Å²) in [5.74, 6) is 3.71. The Labute approximate surface area is 136 Å². The molecule has 0 spiro atoms. The van der Waals surface area contributed by atoms with Crippen LogP contribution >= 0.6 is 11.8 Å². The summed E-state index contributed by atoms with van der Waals surface area (Å²) in [4.78, 5) is 12.3. The Morgan fingerprint density at radius 1 is 1.32 bits per heavy atom. The van der Waals surface area contributed by atoms with Gasteiger partial charge in [-0.1, -0.05) is 0 Å². The molecule has 22 heavy (non-hydrogen) atoms. The first-order chi connectivity index (χ1) is 10.8. The molecule has 0 bridgehead atoms. The van der Waals surface area contributed by atoms with Crippen molar-refractivity contribution in [2.75, 3.05) is 18.1 Å². The lowest BCUT2D eigenvalue weighted by Crippen LogP contribution is -2.32. The molecule has 2 aromatic heterocycles. The molecule has 2 atom stereocenters. The van der Waals surface area contributed by atoms with Crippen LogP contribution in [0.2, 0.25) is 0 Å². The van der Waals surface area contributed by atoms with E-state index in [2.05, 4.69) is 46.1 Å². The van der Waals surface area contributed by atoms with Crippen molar-refractivity contribution in [1.29, 1.82) is 0 Å². The number of pyridine rings is 1. The third-order valence-corrected chi connectivity index (χ3v) is 6.15. The van der Waals surface area contributed by atoms with Gasteiger partial charge < -0.3 is 4.57 Å². The molecular formula is C17H24N4S. The number of hydrogen-bond donors (Lipinski definition) is 0. The molecule has 0 saturated carbocycles. The Bertz CT molecular complexity index is 660. The van der Waals surface area contributed by atoms with Crippen LogP contribution in [-0.2, 0) is 0 Å². The number of imidazole rings is 1. The van der Waals surface area contributed by atoms with Crippen LogP contribution in [0.25, 0.3) is 11.2 Å². The van der Waals surface area contributed by atoms with Crippen molar-refractivity contribution in [3.8, 4) is 0 Å². The highest BCUT2D eigenvalue weighted by molar-refractivity contribution is 7.99. The Balaban J connectivity index is 1.84. The van der Waals surface area contributed by atoms with Gasteiger partial charge in [0.05, 0.1) is 6.04 Å². The van der Waals surface area contributed by atoms with Crippen LogP contribution < -0.4 is 0 Å². The molecule has 5 heteroatoms. The van der Waals surface area contributed by atoms with Crippen molar-refractivity contribution < 1.29 is 0 Å². The minimum atomic E-state index is 0.458. The molecule has 118 valence electrons. The fraction of sp³-hybridized carbons (Fsp3) is 0.647. The van der Waals surface area contributed by atoms with Gasteiger partial charge in [-0.05, 0) is 57.5 Å². The number of fused-ring (bicyclic) bond motifs is 1. The lowest BCUT2D eigenvalue weighted by atomic mass is 10.1. The van der Waals surface area contributed by atoms with Crippen LogP contribution in [0.5, 0.6) is 0 Å². The molecule has 2 aliphatic rings. The summed E-state index contributed by atoms with van der Waals surface area (Å²) >= 11 is 2.06. The van der Waals surface area contributed by atoms with E-state index in [1.54, 1.807) is 0 Å². The number of hydrogen-bond acceptors (Lipinski definition) is 4. The van der Waals surface area contributed by atoms with Gasteiger partial charge in [-0.25, -0.2) is 9.97 Å². The maximum absolute atomic E-state index is 5.02. The summed E-state index contributed by atoms with van der Waals surface area (Å²) in [5.41, 5.74) is 2.14. The van der Waals surface area contributed by atoms with E-state index in [1.807, 2.05) is 12.3 Å². The fourth-order valence-corrected chi connectivity index (χ4v) is 5.15. The topological polar surface area (TPSA) is 34.0 Å². The van der Waals surface area contributed by atoms with Gasteiger partial charge in [-0.15, -0.1) is 0 Å². The number of thioether (sulfide) groups is 1. The van der Waals surface area contributed by atoms with E-state index in [-0.39, 0.29) is 0 Å². The maximum Gasteiger partial charge on any atom is 0.160 e. The highest BCUT2D eigenvalue weighted by Gasteiger charge is 2.34. The van der Waals surface area contributed by atoms with Crippen molar-refractivity contribution in [1.82, 2.24) is 19.4 Å². The van der Waals surface area contributed by atoms with Crippen molar-refractivity contribution in [2.45, 2.75) is 51.2 Å². The summed E-state index contributed by atoms with van der Waals surface area (Å²) in [6.45, 7) is 5.79. The molecule has 0 radical (unpaired) electrons. The van der Waals surface area contributed by atoms with E-state index in [1.165, 1.54) is 43.1 Å². The first-order valence-corrected chi connectivity index (χ1v) is 9.57. The Morgan fingerprint density at radius 2 is 2.23 bits per heavy atom. The van der Waals surface area contributed by atoms with Crippen LogP contribution in [0.15, 0.2) is 18.3 Å². The molecule has 0 amide bonds.